The van der Waals surface area contributed by atoms with Crippen molar-refractivity contribution in [1.82, 2.24) is 4.98 Å². The molecule has 0 spiro atoms. The van der Waals surface area contributed by atoms with E-state index in [1.54, 1.807) is 13.0 Å². The minimum Gasteiger partial charge on any atom is -0.452 e. The number of rotatable bonds is 4. The maximum absolute atomic E-state index is 12.6. The maximum atomic E-state index is 12.6. The summed E-state index contributed by atoms with van der Waals surface area (Å²) in [5.74, 6) is -0.901. The van der Waals surface area contributed by atoms with Gasteiger partial charge in [-0.05, 0) is 53.3 Å². The number of nitrogens with one attached hydrogen (secondary N) is 1. The number of hydrogen-bond donors (Lipinski definition) is 1. The van der Waals surface area contributed by atoms with E-state index in [9.17, 15) is 9.59 Å². The summed E-state index contributed by atoms with van der Waals surface area (Å²) in [6, 6.07) is 9.63. The lowest BCUT2D eigenvalue weighted by Gasteiger charge is -2.11. The molecule has 0 aliphatic heterocycles. The summed E-state index contributed by atoms with van der Waals surface area (Å²) in [4.78, 5) is 28.7. The van der Waals surface area contributed by atoms with Crippen molar-refractivity contribution in [1.29, 1.82) is 0 Å². The number of nitrogens with zero attached hydrogens (tertiary/aromatic N) is 1. The Morgan fingerprint density at radius 2 is 1.89 bits per heavy atom. The third-order valence-electron chi connectivity index (χ3n) is 4.89. The number of halogens is 2. The van der Waals surface area contributed by atoms with Crippen LogP contribution >= 0.6 is 23.2 Å². The number of anilines is 1. The van der Waals surface area contributed by atoms with E-state index < -0.39 is 18.5 Å². The zero-order valence-electron chi connectivity index (χ0n) is 15.0. The summed E-state index contributed by atoms with van der Waals surface area (Å²) in [6.45, 7) is 1.28. The molecule has 3 aromatic rings. The Morgan fingerprint density at radius 1 is 1.14 bits per heavy atom. The van der Waals surface area contributed by atoms with E-state index in [-0.39, 0.29) is 10.8 Å². The molecule has 0 unspecified atom stereocenters. The van der Waals surface area contributed by atoms with Gasteiger partial charge in [-0.3, -0.25) is 4.79 Å². The van der Waals surface area contributed by atoms with Crippen molar-refractivity contribution in [2.24, 2.45) is 0 Å². The van der Waals surface area contributed by atoms with Gasteiger partial charge in [0.15, 0.2) is 12.4 Å². The van der Waals surface area contributed by atoms with Crippen molar-refractivity contribution in [3.05, 3.63) is 68.8 Å². The number of benzene rings is 2. The van der Waals surface area contributed by atoms with E-state index in [0.29, 0.717) is 16.1 Å². The molecule has 5 nitrogen and oxygen atoms in total. The summed E-state index contributed by atoms with van der Waals surface area (Å²) >= 11 is 12.1. The van der Waals surface area contributed by atoms with Crippen molar-refractivity contribution in [2.75, 3.05) is 11.9 Å². The van der Waals surface area contributed by atoms with Gasteiger partial charge in [-0.1, -0.05) is 47.5 Å². The lowest BCUT2D eigenvalue weighted by Crippen LogP contribution is -2.22. The van der Waals surface area contributed by atoms with Gasteiger partial charge in [0, 0.05) is 6.20 Å². The van der Waals surface area contributed by atoms with Crippen LogP contribution in [-0.2, 0) is 22.4 Å². The predicted molar refractivity (Wildman–Crippen MR) is 109 cm³/mol. The van der Waals surface area contributed by atoms with Gasteiger partial charge in [-0.25, -0.2) is 9.78 Å². The highest BCUT2D eigenvalue weighted by Gasteiger charge is 2.20. The lowest BCUT2D eigenvalue weighted by atomic mass is 10.00. The standard InChI is InChI=1S/C21H16Cl2N2O3/c1-11-16(22)9-24-20(19(11)23)25-17(26)10-28-21(27)15-8-7-13-6-5-12-3-2-4-14(15)18(12)13/h2-4,7-9H,5-6,10H2,1H3,(H,24,25,26). The second kappa shape index (κ2) is 7.41. The third kappa shape index (κ3) is 3.32. The van der Waals surface area contributed by atoms with Gasteiger partial charge in [0.1, 0.15) is 0 Å². The van der Waals surface area contributed by atoms with Crippen LogP contribution in [0.25, 0.3) is 10.8 Å². The molecule has 0 fully saturated rings. The average Bonchev–Trinajstić information content (AvgIpc) is 3.12. The van der Waals surface area contributed by atoms with E-state index in [0.717, 1.165) is 23.6 Å². The molecule has 4 rings (SSSR count). The second-order valence-corrected chi connectivity index (χ2v) is 7.42. The number of carbonyl (C=O) groups is 2. The fraction of sp³-hybridized carbons (Fsp3) is 0.190. The highest BCUT2D eigenvalue weighted by Crippen LogP contribution is 2.33. The minimum absolute atomic E-state index is 0.176. The van der Waals surface area contributed by atoms with Crippen LogP contribution in [0.15, 0.2) is 36.5 Å². The Kier molecular flexibility index (Phi) is 4.96. The van der Waals surface area contributed by atoms with Crippen LogP contribution in [0, 0.1) is 6.92 Å². The molecule has 0 bridgehead atoms. The fourth-order valence-electron chi connectivity index (χ4n) is 3.45. The van der Waals surface area contributed by atoms with E-state index in [1.807, 2.05) is 18.2 Å². The molecule has 7 heteroatoms. The maximum Gasteiger partial charge on any atom is 0.339 e. The molecule has 142 valence electrons. The number of amides is 1. The van der Waals surface area contributed by atoms with E-state index in [4.69, 9.17) is 27.9 Å². The molecule has 2 aromatic carbocycles. The first-order chi connectivity index (χ1) is 13.5. The summed E-state index contributed by atoms with van der Waals surface area (Å²) in [5, 5.41) is 5.16. The van der Waals surface area contributed by atoms with E-state index in [2.05, 4.69) is 16.4 Å². The van der Waals surface area contributed by atoms with Gasteiger partial charge in [0.25, 0.3) is 5.91 Å². The highest BCUT2D eigenvalue weighted by atomic mass is 35.5. The number of carbonyl (C=O) groups excluding carboxylic acids is 2. The third-order valence-corrected chi connectivity index (χ3v) is 5.73. The first-order valence-corrected chi connectivity index (χ1v) is 9.52. The van der Waals surface area contributed by atoms with Crippen molar-refractivity contribution in [3.8, 4) is 0 Å². The van der Waals surface area contributed by atoms with Crippen molar-refractivity contribution < 1.29 is 14.3 Å². The first-order valence-electron chi connectivity index (χ1n) is 8.76. The van der Waals surface area contributed by atoms with Gasteiger partial charge in [-0.15, -0.1) is 0 Å². The minimum atomic E-state index is -0.544. The van der Waals surface area contributed by atoms with Crippen LogP contribution in [0.4, 0.5) is 5.82 Å². The van der Waals surface area contributed by atoms with Crippen molar-refractivity contribution in [3.63, 3.8) is 0 Å². The average molecular weight is 415 g/mol. The molecular weight excluding hydrogens is 399 g/mol. The zero-order valence-corrected chi connectivity index (χ0v) is 16.5. The normalized spacial score (nSPS) is 12.2. The Hall–Kier alpha value is -2.63. The monoisotopic (exact) mass is 414 g/mol. The van der Waals surface area contributed by atoms with Crippen LogP contribution in [0.1, 0.15) is 27.0 Å². The number of aryl methyl sites for hydroxylation is 2. The Morgan fingerprint density at radius 3 is 2.68 bits per heavy atom. The van der Waals surface area contributed by atoms with Gasteiger partial charge >= 0.3 is 5.97 Å². The number of pyridine rings is 1. The predicted octanol–water partition coefficient (Wildman–Crippen LogP) is 4.74. The number of ether oxygens (including phenoxy) is 1. The molecule has 0 saturated carbocycles. The van der Waals surface area contributed by atoms with Gasteiger partial charge < -0.3 is 10.1 Å². The van der Waals surface area contributed by atoms with Crippen LogP contribution in [0.3, 0.4) is 0 Å². The summed E-state index contributed by atoms with van der Waals surface area (Å²) in [6.07, 6.45) is 3.35. The van der Waals surface area contributed by atoms with Gasteiger partial charge in [0.05, 0.1) is 15.6 Å². The molecule has 28 heavy (non-hydrogen) atoms. The fourth-order valence-corrected chi connectivity index (χ4v) is 3.84. The van der Waals surface area contributed by atoms with E-state index in [1.165, 1.54) is 17.3 Å². The molecule has 1 aliphatic carbocycles. The van der Waals surface area contributed by atoms with Crippen molar-refractivity contribution in [2.45, 2.75) is 19.8 Å². The molecule has 1 N–H and O–H groups in total. The smallest absolute Gasteiger partial charge is 0.339 e. The number of esters is 1. The molecule has 1 aliphatic rings. The number of hydrogen-bond acceptors (Lipinski definition) is 4. The SMILES string of the molecule is Cc1c(Cl)cnc(NC(=O)COC(=O)c2ccc3c4c(cccc24)CC3)c1Cl. The van der Waals surface area contributed by atoms with Gasteiger partial charge in [0.2, 0.25) is 0 Å². The largest absolute Gasteiger partial charge is 0.452 e. The Bertz CT molecular complexity index is 1120. The summed E-state index contributed by atoms with van der Waals surface area (Å²) in [7, 11) is 0. The quantitative estimate of drug-likeness (QED) is 0.625. The molecule has 0 radical (unpaired) electrons. The van der Waals surface area contributed by atoms with Crippen LogP contribution < -0.4 is 5.32 Å². The molecular formula is C21H16Cl2N2O3. The van der Waals surface area contributed by atoms with E-state index >= 15 is 0 Å². The Labute approximate surface area is 171 Å². The molecule has 0 saturated heterocycles. The summed E-state index contributed by atoms with van der Waals surface area (Å²) < 4.78 is 5.22. The van der Waals surface area contributed by atoms with Crippen LogP contribution in [0.5, 0.6) is 0 Å². The Balaban J connectivity index is 1.48. The molecule has 1 aromatic heterocycles. The topological polar surface area (TPSA) is 68.3 Å². The van der Waals surface area contributed by atoms with Crippen LogP contribution in [-0.4, -0.2) is 23.5 Å². The zero-order chi connectivity index (χ0) is 19.8. The lowest BCUT2D eigenvalue weighted by molar-refractivity contribution is -0.119. The van der Waals surface area contributed by atoms with Crippen molar-refractivity contribution >= 4 is 51.7 Å². The second-order valence-electron chi connectivity index (χ2n) is 6.63. The highest BCUT2D eigenvalue weighted by molar-refractivity contribution is 6.37. The number of aromatic nitrogens is 1. The first kappa shape index (κ1) is 18.7. The molecule has 1 heterocycles. The van der Waals surface area contributed by atoms with Crippen LogP contribution in [0.2, 0.25) is 10.0 Å². The molecule has 1 amide bonds. The molecule has 0 atom stereocenters. The summed E-state index contributed by atoms with van der Waals surface area (Å²) in [5.41, 5.74) is 3.53. The van der Waals surface area contributed by atoms with Gasteiger partial charge in [-0.2, -0.15) is 0 Å².